The summed E-state index contributed by atoms with van der Waals surface area (Å²) in [6, 6.07) is 3.55. The maximum absolute atomic E-state index is 11.2. The number of carbonyl (C=O) groups is 2. The summed E-state index contributed by atoms with van der Waals surface area (Å²) in [6.07, 6.45) is 0.648. The van der Waals surface area contributed by atoms with Crippen LogP contribution in [-0.4, -0.2) is 32.3 Å². The molecule has 0 aliphatic heterocycles. The zero-order chi connectivity index (χ0) is 15.6. The maximum Gasteiger partial charge on any atom is 0.308 e. The minimum Gasteiger partial charge on any atom is -0.493 e. The van der Waals surface area contributed by atoms with E-state index in [4.69, 9.17) is 18.9 Å². The third kappa shape index (κ3) is 3.45. The largest absolute Gasteiger partial charge is 0.493 e. The summed E-state index contributed by atoms with van der Waals surface area (Å²) < 4.78 is 20.8. The Morgan fingerprint density at radius 1 is 1.05 bits per heavy atom. The highest BCUT2D eigenvalue weighted by molar-refractivity contribution is 5.72. The van der Waals surface area contributed by atoms with Gasteiger partial charge in [0.15, 0.2) is 11.5 Å². The standard InChI is InChI=1S/C15H18O6/c1-8(16)20-12-7-11(12)10-5-13(18-3)15(21-9(2)17)14(6-10)19-4/h5-6,11-12H,7H2,1-4H3/t11-,12+/m1/s1. The van der Waals surface area contributed by atoms with Crippen LogP contribution in [0.1, 0.15) is 31.7 Å². The summed E-state index contributed by atoms with van der Waals surface area (Å²) in [5, 5.41) is 0. The van der Waals surface area contributed by atoms with Gasteiger partial charge in [0, 0.05) is 19.8 Å². The van der Waals surface area contributed by atoms with E-state index in [1.165, 1.54) is 28.1 Å². The lowest BCUT2D eigenvalue weighted by atomic mass is 10.1. The van der Waals surface area contributed by atoms with Gasteiger partial charge in [-0.1, -0.05) is 0 Å². The van der Waals surface area contributed by atoms with Crippen molar-refractivity contribution in [3.8, 4) is 17.2 Å². The smallest absolute Gasteiger partial charge is 0.308 e. The third-order valence-electron chi connectivity index (χ3n) is 3.21. The van der Waals surface area contributed by atoms with Crippen LogP contribution in [-0.2, 0) is 14.3 Å². The van der Waals surface area contributed by atoms with E-state index in [0.29, 0.717) is 11.5 Å². The summed E-state index contributed by atoms with van der Waals surface area (Å²) in [6.45, 7) is 2.70. The number of ether oxygens (including phenoxy) is 4. The van der Waals surface area contributed by atoms with Crippen molar-refractivity contribution in [1.82, 2.24) is 0 Å². The first-order valence-electron chi connectivity index (χ1n) is 6.57. The quantitative estimate of drug-likeness (QED) is 0.611. The van der Waals surface area contributed by atoms with Gasteiger partial charge < -0.3 is 18.9 Å². The van der Waals surface area contributed by atoms with Crippen molar-refractivity contribution in [3.63, 3.8) is 0 Å². The molecule has 0 aromatic heterocycles. The monoisotopic (exact) mass is 294 g/mol. The lowest BCUT2D eigenvalue weighted by Crippen LogP contribution is -2.06. The van der Waals surface area contributed by atoms with Crippen LogP contribution >= 0.6 is 0 Å². The first kappa shape index (κ1) is 15.2. The molecule has 0 saturated heterocycles. The Morgan fingerprint density at radius 3 is 2.05 bits per heavy atom. The third-order valence-corrected chi connectivity index (χ3v) is 3.21. The molecule has 114 valence electrons. The molecule has 0 radical (unpaired) electrons. The van der Waals surface area contributed by atoms with Crippen LogP contribution in [0.25, 0.3) is 0 Å². The molecule has 1 aliphatic rings. The average Bonchev–Trinajstić information content (AvgIpc) is 3.16. The number of carbonyl (C=O) groups excluding carboxylic acids is 2. The second-order valence-corrected chi connectivity index (χ2v) is 4.84. The summed E-state index contributed by atoms with van der Waals surface area (Å²) in [5.41, 5.74) is 0.922. The molecule has 6 nitrogen and oxygen atoms in total. The Balaban J connectivity index is 2.29. The van der Waals surface area contributed by atoms with Crippen LogP contribution < -0.4 is 14.2 Å². The molecule has 1 aromatic rings. The van der Waals surface area contributed by atoms with Gasteiger partial charge >= 0.3 is 11.9 Å². The molecule has 1 aromatic carbocycles. The van der Waals surface area contributed by atoms with Crippen LogP contribution in [0.3, 0.4) is 0 Å². The van der Waals surface area contributed by atoms with Crippen molar-refractivity contribution in [3.05, 3.63) is 17.7 Å². The highest BCUT2D eigenvalue weighted by Gasteiger charge is 2.42. The Kier molecular flexibility index (Phi) is 4.35. The van der Waals surface area contributed by atoms with E-state index >= 15 is 0 Å². The van der Waals surface area contributed by atoms with Crippen molar-refractivity contribution in [2.45, 2.75) is 32.3 Å². The molecule has 21 heavy (non-hydrogen) atoms. The Hall–Kier alpha value is -2.24. The lowest BCUT2D eigenvalue weighted by Gasteiger charge is -2.14. The zero-order valence-electron chi connectivity index (χ0n) is 12.5. The number of hydrogen-bond donors (Lipinski definition) is 0. The summed E-state index contributed by atoms with van der Waals surface area (Å²) in [7, 11) is 2.98. The fourth-order valence-electron chi connectivity index (χ4n) is 2.22. The van der Waals surface area contributed by atoms with Crippen LogP contribution in [0.4, 0.5) is 0 Å². The van der Waals surface area contributed by atoms with Crippen molar-refractivity contribution in [2.24, 2.45) is 0 Å². The van der Waals surface area contributed by atoms with E-state index in [1.54, 1.807) is 12.1 Å². The van der Waals surface area contributed by atoms with Crippen LogP contribution in [0.2, 0.25) is 0 Å². The highest BCUT2D eigenvalue weighted by atomic mass is 16.6. The molecule has 2 rings (SSSR count). The number of hydrogen-bond acceptors (Lipinski definition) is 6. The SMILES string of the molecule is COc1cc([C@H]2C[C@@H]2OC(C)=O)cc(OC)c1OC(C)=O. The fraction of sp³-hybridized carbons (Fsp3) is 0.467. The minimum atomic E-state index is -0.455. The van der Waals surface area contributed by atoms with E-state index < -0.39 is 5.97 Å². The number of benzene rings is 1. The van der Waals surface area contributed by atoms with Crippen molar-refractivity contribution in [2.75, 3.05) is 14.2 Å². The van der Waals surface area contributed by atoms with Crippen LogP contribution in [0.15, 0.2) is 12.1 Å². The molecule has 0 bridgehead atoms. The zero-order valence-corrected chi connectivity index (χ0v) is 12.5. The molecule has 0 unspecified atom stereocenters. The Labute approximate surface area is 122 Å². The van der Waals surface area contributed by atoms with E-state index in [-0.39, 0.29) is 23.7 Å². The van der Waals surface area contributed by atoms with E-state index in [1.807, 2.05) is 0 Å². The predicted octanol–water partition coefficient (Wildman–Crippen LogP) is 2.05. The molecular weight excluding hydrogens is 276 g/mol. The van der Waals surface area contributed by atoms with E-state index in [9.17, 15) is 9.59 Å². The molecular formula is C15H18O6. The average molecular weight is 294 g/mol. The van der Waals surface area contributed by atoms with Crippen molar-refractivity contribution in [1.29, 1.82) is 0 Å². The second-order valence-electron chi connectivity index (χ2n) is 4.84. The molecule has 0 amide bonds. The van der Waals surface area contributed by atoms with Crippen LogP contribution in [0.5, 0.6) is 17.2 Å². The molecule has 1 saturated carbocycles. The normalized spacial score (nSPS) is 19.6. The van der Waals surface area contributed by atoms with E-state index in [0.717, 1.165) is 12.0 Å². The van der Waals surface area contributed by atoms with Gasteiger partial charge in [0.2, 0.25) is 5.75 Å². The molecule has 2 atom stereocenters. The van der Waals surface area contributed by atoms with Gasteiger partial charge in [-0.2, -0.15) is 0 Å². The molecule has 1 fully saturated rings. The van der Waals surface area contributed by atoms with Gasteiger partial charge in [-0.15, -0.1) is 0 Å². The first-order valence-corrected chi connectivity index (χ1v) is 6.57. The number of methoxy groups -OCH3 is 2. The van der Waals surface area contributed by atoms with Crippen molar-refractivity contribution < 1.29 is 28.5 Å². The maximum atomic E-state index is 11.2. The summed E-state index contributed by atoms with van der Waals surface area (Å²) >= 11 is 0. The molecule has 0 heterocycles. The van der Waals surface area contributed by atoms with Gasteiger partial charge in [-0.3, -0.25) is 9.59 Å². The van der Waals surface area contributed by atoms with Gasteiger partial charge in [0.05, 0.1) is 14.2 Å². The highest BCUT2D eigenvalue weighted by Crippen LogP contribution is 2.48. The topological polar surface area (TPSA) is 71.1 Å². The molecule has 6 heteroatoms. The number of esters is 2. The second kappa shape index (κ2) is 6.03. The fourth-order valence-corrected chi connectivity index (χ4v) is 2.22. The first-order chi connectivity index (χ1) is 9.96. The summed E-state index contributed by atoms with van der Waals surface area (Å²) in [5.74, 6) is 0.437. The minimum absolute atomic E-state index is 0.114. The number of rotatable bonds is 5. The van der Waals surface area contributed by atoms with E-state index in [2.05, 4.69) is 0 Å². The lowest BCUT2D eigenvalue weighted by molar-refractivity contribution is -0.142. The van der Waals surface area contributed by atoms with Gasteiger partial charge in [0.1, 0.15) is 6.10 Å². The molecule has 0 N–H and O–H groups in total. The molecule has 1 aliphatic carbocycles. The van der Waals surface area contributed by atoms with Crippen molar-refractivity contribution >= 4 is 11.9 Å². The van der Waals surface area contributed by atoms with Gasteiger partial charge in [0.25, 0.3) is 0 Å². The van der Waals surface area contributed by atoms with Gasteiger partial charge in [-0.05, 0) is 24.1 Å². The van der Waals surface area contributed by atoms with Crippen LogP contribution in [0, 0.1) is 0 Å². The summed E-state index contributed by atoms with van der Waals surface area (Å²) in [4.78, 5) is 22.1. The molecule has 0 spiro atoms. The predicted molar refractivity (Wildman–Crippen MR) is 73.8 cm³/mol. The Morgan fingerprint density at radius 2 is 1.62 bits per heavy atom. The Bertz CT molecular complexity index is 540. The van der Waals surface area contributed by atoms with Gasteiger partial charge in [-0.25, -0.2) is 0 Å².